The van der Waals surface area contributed by atoms with Gasteiger partial charge in [0.05, 0.1) is 13.7 Å². The number of methoxy groups -OCH3 is 1. The van der Waals surface area contributed by atoms with Gasteiger partial charge in [0.15, 0.2) is 15.7 Å². The van der Waals surface area contributed by atoms with Gasteiger partial charge in [-0.3, -0.25) is 0 Å². The Morgan fingerprint density at radius 3 is 2.79 bits per heavy atom. The van der Waals surface area contributed by atoms with E-state index in [9.17, 15) is 9.90 Å². The third kappa shape index (κ3) is 2.01. The van der Waals surface area contributed by atoms with Crippen molar-refractivity contribution in [2.45, 2.75) is 6.92 Å². The van der Waals surface area contributed by atoms with Gasteiger partial charge in [0, 0.05) is 0 Å². The molecule has 0 unspecified atom stereocenters. The van der Waals surface area contributed by atoms with Crippen LogP contribution in [-0.4, -0.2) is 24.8 Å². The number of carbonyl (C=O) groups excluding carboxylic acids is 1. The molecule has 0 aliphatic carbocycles. The van der Waals surface area contributed by atoms with E-state index in [1.54, 1.807) is 0 Å². The number of halogens is 1. The minimum absolute atomic E-state index is 0.134. The Hall–Kier alpha value is -0.750. The monoisotopic (exact) mass is 280 g/mol. The lowest BCUT2D eigenvalue weighted by atomic mass is 10.4. The van der Waals surface area contributed by atoms with Crippen molar-refractivity contribution in [1.82, 2.24) is 0 Å². The van der Waals surface area contributed by atoms with Crippen LogP contribution in [0.2, 0.25) is 0 Å². The predicted octanol–water partition coefficient (Wildman–Crippen LogP) is 2.40. The van der Waals surface area contributed by atoms with Crippen molar-refractivity contribution in [1.29, 1.82) is 0 Å². The number of thiophene rings is 1. The maximum atomic E-state index is 11.2. The van der Waals surface area contributed by atoms with Crippen LogP contribution >= 0.6 is 27.3 Å². The summed E-state index contributed by atoms with van der Waals surface area (Å²) in [7, 11) is 1.26. The second-order valence-electron chi connectivity index (χ2n) is 2.31. The van der Waals surface area contributed by atoms with E-state index >= 15 is 0 Å². The van der Waals surface area contributed by atoms with E-state index in [0.29, 0.717) is 16.1 Å². The second kappa shape index (κ2) is 4.65. The van der Waals surface area contributed by atoms with Crippen LogP contribution in [-0.2, 0) is 4.74 Å². The Morgan fingerprint density at radius 1 is 1.64 bits per heavy atom. The first-order valence-corrected chi connectivity index (χ1v) is 5.45. The zero-order chi connectivity index (χ0) is 10.7. The lowest BCUT2D eigenvalue weighted by molar-refractivity contribution is 0.0603. The zero-order valence-corrected chi connectivity index (χ0v) is 10.1. The minimum Gasteiger partial charge on any atom is -0.505 e. The molecule has 0 spiro atoms. The summed E-state index contributed by atoms with van der Waals surface area (Å²) in [5.41, 5.74) is 0. The summed E-state index contributed by atoms with van der Waals surface area (Å²) < 4.78 is 10.1. The van der Waals surface area contributed by atoms with Crippen LogP contribution < -0.4 is 4.74 Å². The average molecular weight is 281 g/mol. The third-order valence-corrected chi connectivity index (χ3v) is 3.51. The topological polar surface area (TPSA) is 55.8 Å². The number of ether oxygens (including phenoxy) is 2. The van der Waals surface area contributed by atoms with Crippen molar-refractivity contribution in [3.63, 3.8) is 0 Å². The van der Waals surface area contributed by atoms with Crippen LogP contribution in [0.15, 0.2) is 4.47 Å². The van der Waals surface area contributed by atoms with Crippen molar-refractivity contribution in [3.8, 4) is 10.8 Å². The van der Waals surface area contributed by atoms with Crippen molar-refractivity contribution in [2.24, 2.45) is 0 Å². The summed E-state index contributed by atoms with van der Waals surface area (Å²) in [6, 6.07) is 0. The smallest absolute Gasteiger partial charge is 0.352 e. The Balaban J connectivity index is 3.08. The maximum absolute atomic E-state index is 11.2. The Bertz CT molecular complexity index is 347. The molecule has 0 radical (unpaired) electrons. The molecule has 1 rings (SSSR count). The van der Waals surface area contributed by atoms with Crippen molar-refractivity contribution < 1.29 is 19.4 Å². The lowest BCUT2D eigenvalue weighted by Crippen LogP contribution is -1.97. The fourth-order valence-corrected chi connectivity index (χ4v) is 2.44. The summed E-state index contributed by atoms with van der Waals surface area (Å²) in [6.45, 7) is 2.29. The molecular weight excluding hydrogens is 272 g/mol. The molecular formula is C8H9BrO4S. The van der Waals surface area contributed by atoms with Crippen LogP contribution in [0.25, 0.3) is 0 Å². The molecule has 4 nitrogen and oxygen atoms in total. The first kappa shape index (κ1) is 11.3. The summed E-state index contributed by atoms with van der Waals surface area (Å²) in [5.74, 6) is -0.704. The normalized spacial score (nSPS) is 9.93. The van der Waals surface area contributed by atoms with Crippen molar-refractivity contribution >= 4 is 33.2 Å². The number of hydrogen-bond donors (Lipinski definition) is 1. The Morgan fingerprint density at radius 2 is 2.29 bits per heavy atom. The van der Waals surface area contributed by atoms with Gasteiger partial charge in [0.2, 0.25) is 0 Å². The van der Waals surface area contributed by atoms with E-state index in [2.05, 4.69) is 20.7 Å². The molecule has 0 fully saturated rings. The quantitative estimate of drug-likeness (QED) is 0.864. The maximum Gasteiger partial charge on any atom is 0.352 e. The number of rotatable bonds is 3. The fourth-order valence-electron chi connectivity index (χ4n) is 0.837. The molecule has 1 aromatic rings. The van der Waals surface area contributed by atoms with Crippen LogP contribution in [0, 0.1) is 0 Å². The van der Waals surface area contributed by atoms with Gasteiger partial charge in [0.1, 0.15) is 4.47 Å². The highest BCUT2D eigenvalue weighted by molar-refractivity contribution is 9.10. The molecule has 1 heterocycles. The molecule has 0 bridgehead atoms. The summed E-state index contributed by atoms with van der Waals surface area (Å²) in [5, 5.41) is 10.0. The lowest BCUT2D eigenvalue weighted by Gasteiger charge is -1.97. The van der Waals surface area contributed by atoms with E-state index in [1.165, 1.54) is 7.11 Å². The van der Waals surface area contributed by atoms with E-state index in [1.807, 2.05) is 6.92 Å². The highest BCUT2D eigenvalue weighted by Crippen LogP contribution is 2.44. The first-order valence-electron chi connectivity index (χ1n) is 3.84. The number of aromatic hydroxyl groups is 1. The summed E-state index contributed by atoms with van der Waals surface area (Å²) in [4.78, 5) is 11.3. The van der Waals surface area contributed by atoms with Gasteiger partial charge in [-0.2, -0.15) is 0 Å². The zero-order valence-electron chi connectivity index (χ0n) is 7.67. The number of carbonyl (C=O) groups is 1. The molecule has 1 aromatic heterocycles. The second-order valence-corrected chi connectivity index (χ2v) is 4.08. The minimum atomic E-state index is -0.570. The number of hydrogen-bond acceptors (Lipinski definition) is 5. The van der Waals surface area contributed by atoms with Gasteiger partial charge < -0.3 is 14.6 Å². The van der Waals surface area contributed by atoms with Crippen LogP contribution in [0.4, 0.5) is 0 Å². The molecule has 0 saturated carbocycles. The average Bonchev–Trinajstić information content (AvgIpc) is 2.46. The summed E-state index contributed by atoms with van der Waals surface area (Å²) in [6.07, 6.45) is 0. The molecule has 0 aliphatic heterocycles. The summed E-state index contributed by atoms with van der Waals surface area (Å²) >= 11 is 4.18. The highest BCUT2D eigenvalue weighted by Gasteiger charge is 2.22. The molecule has 1 N–H and O–H groups in total. The fraction of sp³-hybridized carbons (Fsp3) is 0.375. The third-order valence-electron chi connectivity index (χ3n) is 1.44. The predicted molar refractivity (Wildman–Crippen MR) is 56.2 cm³/mol. The highest BCUT2D eigenvalue weighted by atomic mass is 79.9. The van der Waals surface area contributed by atoms with E-state index in [0.717, 1.165) is 11.3 Å². The van der Waals surface area contributed by atoms with Gasteiger partial charge in [-0.05, 0) is 22.9 Å². The van der Waals surface area contributed by atoms with Gasteiger partial charge in [0.25, 0.3) is 0 Å². The van der Waals surface area contributed by atoms with Gasteiger partial charge >= 0.3 is 5.97 Å². The van der Waals surface area contributed by atoms with E-state index in [-0.39, 0.29) is 10.6 Å². The molecule has 14 heavy (non-hydrogen) atoms. The Labute approximate surface area is 93.6 Å². The van der Waals surface area contributed by atoms with E-state index in [4.69, 9.17) is 4.74 Å². The molecule has 78 valence electrons. The molecule has 0 aromatic carbocycles. The van der Waals surface area contributed by atoms with Crippen LogP contribution in [0.1, 0.15) is 16.6 Å². The van der Waals surface area contributed by atoms with Gasteiger partial charge in [-0.25, -0.2) is 4.79 Å². The van der Waals surface area contributed by atoms with Gasteiger partial charge in [-0.1, -0.05) is 11.3 Å². The molecule has 0 atom stereocenters. The first-order chi connectivity index (χ1) is 6.61. The molecule has 0 amide bonds. The SMILES string of the molecule is CCOc1sc(C(=O)OC)c(O)c1Br. The standard InChI is InChI=1S/C8H9BrO4S/c1-3-13-8-4(9)5(10)6(14-8)7(11)12-2/h10H,3H2,1-2H3. The molecule has 0 saturated heterocycles. The van der Waals surface area contributed by atoms with Crippen LogP contribution in [0.5, 0.6) is 10.8 Å². The van der Waals surface area contributed by atoms with Gasteiger partial charge in [-0.15, -0.1) is 0 Å². The largest absolute Gasteiger partial charge is 0.505 e. The van der Waals surface area contributed by atoms with Crippen molar-refractivity contribution in [2.75, 3.05) is 13.7 Å². The van der Waals surface area contributed by atoms with Crippen molar-refractivity contribution in [3.05, 3.63) is 9.35 Å². The Kier molecular flexibility index (Phi) is 3.77. The van der Waals surface area contributed by atoms with Crippen LogP contribution in [0.3, 0.4) is 0 Å². The number of esters is 1. The molecule has 0 aliphatic rings. The van der Waals surface area contributed by atoms with E-state index < -0.39 is 5.97 Å². The molecule has 6 heteroatoms.